The molecule has 1 N–H and O–H groups in total. The van der Waals surface area contributed by atoms with Crippen LogP contribution in [0.4, 0.5) is 0 Å². The molecule has 3 nitrogen and oxygen atoms in total. The zero-order valence-corrected chi connectivity index (χ0v) is 8.23. The monoisotopic (exact) mass is 234 g/mol. The minimum Gasteiger partial charge on any atom is -0.282 e. The molecule has 1 heterocycles. The number of hydrogen-bond donors (Lipinski definition) is 1. The summed E-state index contributed by atoms with van der Waals surface area (Å²) < 4.78 is 29.5. The van der Waals surface area contributed by atoms with Crippen molar-refractivity contribution in [2.24, 2.45) is 0 Å². The lowest BCUT2D eigenvalue weighted by atomic mass is 10.7. The van der Waals surface area contributed by atoms with Crippen molar-refractivity contribution in [2.45, 2.75) is 4.90 Å². The Morgan fingerprint density at radius 2 is 2.09 bits per heavy atom. The summed E-state index contributed by atoms with van der Waals surface area (Å²) in [5.41, 5.74) is 0. The van der Waals surface area contributed by atoms with Crippen molar-refractivity contribution < 1.29 is 13.0 Å². The molecule has 7 heteroatoms. The Balaban J connectivity index is 0.000001000. The Morgan fingerprint density at radius 3 is 2.27 bits per heavy atom. The third-order valence-corrected chi connectivity index (χ3v) is 2.91. The quantitative estimate of drug-likeness (QED) is 0.758. The summed E-state index contributed by atoms with van der Waals surface area (Å²) >= 11 is 6.47. The fourth-order valence-corrected chi connectivity index (χ4v) is 2.21. The fraction of sp³-hybridized carbons (Fsp3) is 0. The maximum Gasteiger partial charge on any atom is 0.295 e. The summed E-state index contributed by atoms with van der Waals surface area (Å²) in [5, 5.41) is 1.28. The number of halogens is 2. The van der Waals surface area contributed by atoms with Crippen molar-refractivity contribution in [3.05, 3.63) is 15.8 Å². The highest BCUT2D eigenvalue weighted by molar-refractivity contribution is 7.86. The Morgan fingerprint density at radius 1 is 1.55 bits per heavy atom. The zero-order chi connectivity index (χ0) is 7.78. The molecule has 11 heavy (non-hydrogen) atoms. The van der Waals surface area contributed by atoms with Crippen LogP contribution in [0.3, 0.4) is 0 Å². The second-order valence-electron chi connectivity index (χ2n) is 1.56. The smallest absolute Gasteiger partial charge is 0.282 e. The van der Waals surface area contributed by atoms with Crippen LogP contribution in [-0.4, -0.2) is 13.0 Å². The van der Waals surface area contributed by atoms with Gasteiger partial charge in [-0.15, -0.1) is 23.7 Å². The van der Waals surface area contributed by atoms with Crippen LogP contribution in [0.1, 0.15) is 0 Å². The van der Waals surface area contributed by atoms with Gasteiger partial charge in [-0.25, -0.2) is 0 Å². The SMILES string of the molecule is Cl.O=S(=O)(O)c1csc(Cl)c1. The molecule has 0 amide bonds. The molecule has 0 bridgehead atoms. The van der Waals surface area contributed by atoms with E-state index in [1.807, 2.05) is 0 Å². The Bertz CT molecular complexity index is 329. The summed E-state index contributed by atoms with van der Waals surface area (Å²) in [4.78, 5) is -0.150. The van der Waals surface area contributed by atoms with Crippen LogP contribution < -0.4 is 0 Å². The van der Waals surface area contributed by atoms with E-state index in [9.17, 15) is 8.42 Å². The first-order valence-corrected chi connectivity index (χ1v) is 4.91. The van der Waals surface area contributed by atoms with Crippen LogP contribution in [0.15, 0.2) is 16.3 Å². The van der Waals surface area contributed by atoms with Gasteiger partial charge in [-0.1, -0.05) is 11.6 Å². The summed E-state index contributed by atoms with van der Waals surface area (Å²) in [5.74, 6) is 0. The second kappa shape index (κ2) is 3.73. The molecule has 1 aromatic rings. The van der Waals surface area contributed by atoms with Crippen molar-refractivity contribution in [1.29, 1.82) is 0 Å². The summed E-state index contributed by atoms with van der Waals surface area (Å²) in [7, 11) is -4.06. The van der Waals surface area contributed by atoms with E-state index in [0.29, 0.717) is 4.34 Å². The second-order valence-corrected chi connectivity index (χ2v) is 4.53. The van der Waals surface area contributed by atoms with Crippen LogP contribution >= 0.6 is 35.3 Å². The molecule has 0 fully saturated rings. The van der Waals surface area contributed by atoms with Gasteiger partial charge in [0.15, 0.2) is 0 Å². The van der Waals surface area contributed by atoms with Crippen LogP contribution in [0.25, 0.3) is 0 Å². The van der Waals surface area contributed by atoms with Crippen LogP contribution in [0.5, 0.6) is 0 Å². The maximum atomic E-state index is 10.3. The first kappa shape index (κ1) is 11.2. The van der Waals surface area contributed by atoms with Crippen LogP contribution in [0.2, 0.25) is 4.34 Å². The standard InChI is InChI=1S/C4H3ClO3S2.ClH/c5-4-1-3(2-9-4)10(6,7)8;/h1-2H,(H,6,7,8);1H. The molecule has 0 saturated heterocycles. The Hall–Kier alpha value is 0.190. The predicted molar refractivity (Wildman–Crippen MR) is 46.4 cm³/mol. The molecule has 1 rings (SSSR count). The highest BCUT2D eigenvalue weighted by atomic mass is 35.5. The van der Waals surface area contributed by atoms with Crippen molar-refractivity contribution in [2.75, 3.05) is 0 Å². The average Bonchev–Trinajstić information content (AvgIpc) is 2.11. The maximum absolute atomic E-state index is 10.3. The number of thiophene rings is 1. The van der Waals surface area contributed by atoms with E-state index in [0.717, 1.165) is 11.3 Å². The van der Waals surface area contributed by atoms with E-state index >= 15 is 0 Å². The minimum atomic E-state index is -4.06. The molecule has 0 unspecified atom stereocenters. The van der Waals surface area contributed by atoms with Crippen molar-refractivity contribution in [3.8, 4) is 0 Å². The predicted octanol–water partition coefficient (Wildman–Crippen LogP) is 2.07. The van der Waals surface area contributed by atoms with Gasteiger partial charge in [0.25, 0.3) is 10.1 Å². The summed E-state index contributed by atoms with van der Waals surface area (Å²) in [6, 6.07) is 1.20. The van der Waals surface area contributed by atoms with E-state index in [2.05, 4.69) is 0 Å². The first-order valence-electron chi connectivity index (χ1n) is 2.21. The molecule has 0 aliphatic heterocycles. The molecule has 0 aliphatic carbocycles. The topological polar surface area (TPSA) is 54.4 Å². The molecule has 0 saturated carbocycles. The van der Waals surface area contributed by atoms with Gasteiger partial charge in [-0.05, 0) is 6.07 Å². The third kappa shape index (κ3) is 2.96. The van der Waals surface area contributed by atoms with Crippen LogP contribution in [-0.2, 0) is 10.1 Å². The molecule has 0 aromatic carbocycles. The van der Waals surface area contributed by atoms with Gasteiger partial charge in [0.05, 0.1) is 4.34 Å². The molecular weight excluding hydrogens is 231 g/mol. The van der Waals surface area contributed by atoms with Crippen molar-refractivity contribution in [1.82, 2.24) is 0 Å². The van der Waals surface area contributed by atoms with Gasteiger partial charge < -0.3 is 0 Å². The molecule has 0 spiro atoms. The van der Waals surface area contributed by atoms with Gasteiger partial charge in [-0.2, -0.15) is 8.42 Å². The van der Waals surface area contributed by atoms with E-state index in [1.54, 1.807) is 0 Å². The first-order chi connectivity index (χ1) is 4.50. The largest absolute Gasteiger partial charge is 0.295 e. The molecule has 0 aliphatic rings. The highest BCUT2D eigenvalue weighted by Gasteiger charge is 2.10. The van der Waals surface area contributed by atoms with Gasteiger partial charge in [0.2, 0.25) is 0 Å². The van der Waals surface area contributed by atoms with E-state index in [4.69, 9.17) is 16.2 Å². The number of hydrogen-bond acceptors (Lipinski definition) is 3. The molecular formula is C4H4Cl2O3S2. The van der Waals surface area contributed by atoms with Gasteiger partial charge in [0.1, 0.15) is 4.90 Å². The molecule has 64 valence electrons. The van der Waals surface area contributed by atoms with Crippen LogP contribution in [0, 0.1) is 0 Å². The summed E-state index contributed by atoms with van der Waals surface area (Å²) in [6.07, 6.45) is 0. The van der Waals surface area contributed by atoms with Crippen molar-refractivity contribution >= 4 is 45.5 Å². The van der Waals surface area contributed by atoms with Gasteiger partial charge >= 0.3 is 0 Å². The lowest BCUT2D eigenvalue weighted by Gasteiger charge is -1.85. The lowest BCUT2D eigenvalue weighted by Crippen LogP contribution is -1.94. The Labute approximate surface area is 79.2 Å². The molecule has 0 atom stereocenters. The molecule has 0 radical (unpaired) electrons. The minimum absolute atomic E-state index is 0. The fourth-order valence-electron chi connectivity index (χ4n) is 0.430. The highest BCUT2D eigenvalue weighted by Crippen LogP contribution is 2.22. The third-order valence-electron chi connectivity index (χ3n) is 0.841. The van der Waals surface area contributed by atoms with E-state index in [1.165, 1.54) is 11.4 Å². The Kier molecular flexibility index (Phi) is 3.79. The normalized spacial score (nSPS) is 10.7. The van der Waals surface area contributed by atoms with E-state index < -0.39 is 10.1 Å². The average molecular weight is 235 g/mol. The number of rotatable bonds is 1. The van der Waals surface area contributed by atoms with Gasteiger partial charge in [-0.3, -0.25) is 4.55 Å². The van der Waals surface area contributed by atoms with Crippen molar-refractivity contribution in [3.63, 3.8) is 0 Å². The lowest BCUT2D eigenvalue weighted by molar-refractivity contribution is 0.483. The molecule has 1 aromatic heterocycles. The summed E-state index contributed by atoms with van der Waals surface area (Å²) in [6.45, 7) is 0. The zero-order valence-electron chi connectivity index (χ0n) is 5.02. The van der Waals surface area contributed by atoms with Gasteiger partial charge in [0, 0.05) is 5.38 Å². The van der Waals surface area contributed by atoms with E-state index in [-0.39, 0.29) is 17.3 Å².